The van der Waals surface area contributed by atoms with Crippen LogP contribution in [-0.2, 0) is 11.2 Å². The minimum atomic E-state index is 0.497. The number of hydrogen-bond donors (Lipinski definition) is 0. The van der Waals surface area contributed by atoms with Crippen LogP contribution in [-0.4, -0.2) is 5.78 Å². The fraction of sp³-hybridized carbons (Fsp3) is 0.562. The van der Waals surface area contributed by atoms with E-state index in [1.807, 2.05) is 0 Å². The van der Waals surface area contributed by atoms with Gasteiger partial charge in [-0.1, -0.05) is 49.9 Å². The highest BCUT2D eigenvalue weighted by Gasteiger charge is 2.28. The second-order valence-electron chi connectivity index (χ2n) is 5.70. The maximum atomic E-state index is 12.0. The first-order chi connectivity index (χ1) is 8.33. The van der Waals surface area contributed by atoms with E-state index in [0.29, 0.717) is 17.6 Å². The van der Waals surface area contributed by atoms with Crippen LogP contribution in [0, 0.1) is 5.92 Å². The zero-order valence-corrected chi connectivity index (χ0v) is 10.3. The molecule has 0 aliphatic heterocycles. The van der Waals surface area contributed by atoms with E-state index in [-0.39, 0.29) is 0 Å². The number of Topliss-reactive ketones (excluding diaryl/α,β-unsaturated/α-hetero) is 1. The van der Waals surface area contributed by atoms with E-state index in [9.17, 15) is 4.79 Å². The Morgan fingerprint density at radius 3 is 2.65 bits per heavy atom. The zero-order valence-electron chi connectivity index (χ0n) is 10.3. The smallest absolute Gasteiger partial charge is 0.133 e. The van der Waals surface area contributed by atoms with Gasteiger partial charge < -0.3 is 0 Å². The summed E-state index contributed by atoms with van der Waals surface area (Å²) in [6.07, 6.45) is 7.99. The molecule has 1 aromatic carbocycles. The van der Waals surface area contributed by atoms with E-state index in [4.69, 9.17) is 0 Å². The van der Waals surface area contributed by atoms with Crippen LogP contribution in [0.1, 0.15) is 55.6 Å². The third kappa shape index (κ3) is 2.29. The lowest BCUT2D eigenvalue weighted by Crippen LogP contribution is -2.20. The van der Waals surface area contributed by atoms with E-state index in [0.717, 1.165) is 19.3 Å². The minimum absolute atomic E-state index is 0.497. The molecule has 1 atom stereocenters. The average Bonchev–Trinajstić information content (AvgIpc) is 2.79. The van der Waals surface area contributed by atoms with Gasteiger partial charge in [0.2, 0.25) is 0 Å². The minimum Gasteiger partial charge on any atom is -0.300 e. The van der Waals surface area contributed by atoms with Crippen LogP contribution in [0.25, 0.3) is 0 Å². The molecule has 1 fully saturated rings. The lowest BCUT2D eigenvalue weighted by atomic mass is 9.74. The maximum Gasteiger partial charge on any atom is 0.133 e. The van der Waals surface area contributed by atoms with Gasteiger partial charge in [-0.05, 0) is 29.4 Å². The molecule has 1 saturated carbocycles. The van der Waals surface area contributed by atoms with Crippen molar-refractivity contribution in [2.24, 2.45) is 5.92 Å². The van der Waals surface area contributed by atoms with Gasteiger partial charge in [-0.25, -0.2) is 0 Å². The quantitative estimate of drug-likeness (QED) is 0.764. The summed E-state index contributed by atoms with van der Waals surface area (Å²) in [6.45, 7) is 0. The molecule has 1 heteroatoms. The molecule has 0 aromatic heterocycles. The van der Waals surface area contributed by atoms with E-state index in [1.165, 1.54) is 36.8 Å². The molecule has 3 rings (SSSR count). The van der Waals surface area contributed by atoms with Crippen molar-refractivity contribution in [1.82, 2.24) is 0 Å². The molecule has 1 nitrogen and oxygen atoms in total. The van der Waals surface area contributed by atoms with Gasteiger partial charge in [-0.15, -0.1) is 0 Å². The van der Waals surface area contributed by atoms with Gasteiger partial charge in [0.05, 0.1) is 0 Å². The molecule has 2 aliphatic rings. The predicted octanol–water partition coefficient (Wildman–Crippen LogP) is 3.87. The molecule has 0 spiro atoms. The molecule has 1 unspecified atom stereocenters. The number of carbonyl (C=O) groups is 1. The third-order valence-corrected chi connectivity index (χ3v) is 4.43. The highest BCUT2D eigenvalue weighted by molar-refractivity contribution is 5.80. The molecule has 0 N–H and O–H groups in total. The Balaban J connectivity index is 1.53. The second-order valence-corrected chi connectivity index (χ2v) is 5.70. The van der Waals surface area contributed by atoms with Crippen molar-refractivity contribution < 1.29 is 4.79 Å². The van der Waals surface area contributed by atoms with Crippen molar-refractivity contribution in [1.29, 1.82) is 0 Å². The van der Waals surface area contributed by atoms with E-state index < -0.39 is 0 Å². The van der Waals surface area contributed by atoms with E-state index in [1.54, 1.807) is 0 Å². The second kappa shape index (κ2) is 4.64. The molecule has 90 valence electrons. The molecular weight excluding hydrogens is 208 g/mol. The summed E-state index contributed by atoms with van der Waals surface area (Å²) in [5, 5.41) is 0. The van der Waals surface area contributed by atoms with Crippen LogP contribution in [0.5, 0.6) is 0 Å². The first-order valence-electron chi connectivity index (χ1n) is 6.92. The number of fused-ring (bicyclic) bond motifs is 1. The number of carbonyl (C=O) groups excluding carboxylic acids is 1. The summed E-state index contributed by atoms with van der Waals surface area (Å²) < 4.78 is 0. The van der Waals surface area contributed by atoms with Crippen molar-refractivity contribution in [2.45, 2.75) is 50.9 Å². The van der Waals surface area contributed by atoms with Gasteiger partial charge in [0.15, 0.2) is 0 Å². The molecule has 0 saturated heterocycles. The predicted molar refractivity (Wildman–Crippen MR) is 69.1 cm³/mol. The van der Waals surface area contributed by atoms with Gasteiger partial charge in [0.1, 0.15) is 5.78 Å². The highest BCUT2D eigenvalue weighted by Crippen LogP contribution is 2.38. The van der Waals surface area contributed by atoms with Gasteiger partial charge in [0.25, 0.3) is 0 Å². The zero-order chi connectivity index (χ0) is 11.7. The number of hydrogen-bond acceptors (Lipinski definition) is 1. The van der Waals surface area contributed by atoms with Gasteiger partial charge in [0, 0.05) is 12.8 Å². The summed E-state index contributed by atoms with van der Waals surface area (Å²) in [7, 11) is 0. The molecule has 0 bridgehead atoms. The van der Waals surface area contributed by atoms with Gasteiger partial charge in [-0.2, -0.15) is 0 Å². The molecule has 17 heavy (non-hydrogen) atoms. The summed E-state index contributed by atoms with van der Waals surface area (Å²) in [5.41, 5.74) is 2.87. The SMILES string of the molecule is O=C(CC1CCCC1)CC1Cc2ccccc21. The normalized spacial score (nSPS) is 23.2. The van der Waals surface area contributed by atoms with Crippen molar-refractivity contribution in [3.63, 3.8) is 0 Å². The van der Waals surface area contributed by atoms with Gasteiger partial charge >= 0.3 is 0 Å². The Kier molecular flexibility index (Phi) is 3.00. The third-order valence-electron chi connectivity index (χ3n) is 4.43. The van der Waals surface area contributed by atoms with Crippen LogP contribution >= 0.6 is 0 Å². The summed E-state index contributed by atoms with van der Waals surface area (Å²) in [4.78, 5) is 12.0. The Labute approximate surface area is 103 Å². The average molecular weight is 228 g/mol. The van der Waals surface area contributed by atoms with E-state index >= 15 is 0 Å². The summed E-state index contributed by atoms with van der Waals surface area (Å²) in [5.74, 6) is 1.73. The van der Waals surface area contributed by atoms with Crippen LogP contribution in [0.15, 0.2) is 24.3 Å². The Morgan fingerprint density at radius 1 is 1.12 bits per heavy atom. The maximum absolute atomic E-state index is 12.0. The van der Waals surface area contributed by atoms with Crippen LogP contribution in [0.2, 0.25) is 0 Å². The Hall–Kier alpha value is -1.11. The number of benzene rings is 1. The molecule has 1 aromatic rings. The standard InChI is InChI=1S/C16H20O/c17-15(9-12-5-1-2-6-12)11-14-10-13-7-3-4-8-16(13)14/h3-4,7-8,12,14H,1-2,5-6,9-11H2. The van der Waals surface area contributed by atoms with Crippen molar-refractivity contribution in [3.05, 3.63) is 35.4 Å². The highest BCUT2D eigenvalue weighted by atomic mass is 16.1. The monoisotopic (exact) mass is 228 g/mol. The van der Waals surface area contributed by atoms with Gasteiger partial charge in [-0.3, -0.25) is 4.79 Å². The van der Waals surface area contributed by atoms with Crippen molar-refractivity contribution >= 4 is 5.78 Å². The largest absolute Gasteiger partial charge is 0.300 e. The molecule has 0 amide bonds. The Bertz CT molecular complexity index is 415. The van der Waals surface area contributed by atoms with Crippen molar-refractivity contribution in [2.75, 3.05) is 0 Å². The van der Waals surface area contributed by atoms with E-state index in [2.05, 4.69) is 24.3 Å². The number of ketones is 1. The van der Waals surface area contributed by atoms with Crippen LogP contribution in [0.3, 0.4) is 0 Å². The molecule has 0 heterocycles. The lowest BCUT2D eigenvalue weighted by Gasteiger charge is -2.29. The number of rotatable bonds is 4. The fourth-order valence-corrected chi connectivity index (χ4v) is 3.44. The molecule has 2 aliphatic carbocycles. The summed E-state index contributed by atoms with van der Waals surface area (Å²) in [6, 6.07) is 8.56. The fourth-order valence-electron chi connectivity index (χ4n) is 3.44. The van der Waals surface area contributed by atoms with Crippen LogP contribution < -0.4 is 0 Å². The molecular formula is C16H20O. The summed E-state index contributed by atoms with van der Waals surface area (Å²) >= 11 is 0. The lowest BCUT2D eigenvalue weighted by molar-refractivity contribution is -0.120. The first kappa shape index (κ1) is 11.0. The van der Waals surface area contributed by atoms with Crippen LogP contribution in [0.4, 0.5) is 0 Å². The first-order valence-corrected chi connectivity index (χ1v) is 6.92. The Morgan fingerprint density at radius 2 is 1.88 bits per heavy atom. The molecule has 0 radical (unpaired) electrons. The topological polar surface area (TPSA) is 17.1 Å². The van der Waals surface area contributed by atoms with Crippen molar-refractivity contribution in [3.8, 4) is 0 Å².